The second-order valence-corrected chi connectivity index (χ2v) is 9.07. The van der Waals surface area contributed by atoms with Gasteiger partial charge in [0.1, 0.15) is 11.6 Å². The van der Waals surface area contributed by atoms with E-state index >= 15 is 0 Å². The number of anilines is 4. The summed E-state index contributed by atoms with van der Waals surface area (Å²) in [5.74, 6) is 2.05. The van der Waals surface area contributed by atoms with Gasteiger partial charge in [-0.1, -0.05) is 0 Å². The summed E-state index contributed by atoms with van der Waals surface area (Å²) in [5, 5.41) is 4.14. The molecule has 10 heteroatoms. The number of aromatic nitrogens is 3. The van der Waals surface area contributed by atoms with Crippen LogP contribution in [0.3, 0.4) is 0 Å². The summed E-state index contributed by atoms with van der Waals surface area (Å²) in [7, 11) is 0. The second kappa shape index (κ2) is 8.81. The van der Waals surface area contributed by atoms with Crippen molar-refractivity contribution in [1.29, 1.82) is 0 Å². The molecule has 0 bridgehead atoms. The third-order valence-electron chi connectivity index (χ3n) is 6.53. The number of nitrogens with zero attached hydrogens (tertiary/aromatic N) is 5. The number of nitrogen functional groups attached to an aromatic ring is 1. The summed E-state index contributed by atoms with van der Waals surface area (Å²) in [6.45, 7) is 5.47. The Bertz CT molecular complexity index is 1190. The van der Waals surface area contributed by atoms with E-state index in [-0.39, 0.29) is 5.69 Å². The van der Waals surface area contributed by atoms with Crippen LogP contribution in [0.25, 0.3) is 10.9 Å². The van der Waals surface area contributed by atoms with E-state index in [2.05, 4.69) is 20.1 Å². The Morgan fingerprint density at radius 3 is 2.29 bits per heavy atom. The summed E-state index contributed by atoms with van der Waals surface area (Å²) in [4.78, 5) is 18.6. The van der Waals surface area contributed by atoms with Crippen LogP contribution in [-0.4, -0.2) is 41.1 Å². The van der Waals surface area contributed by atoms with Gasteiger partial charge in [0.05, 0.1) is 23.3 Å². The van der Waals surface area contributed by atoms with Gasteiger partial charge in [-0.2, -0.15) is 18.2 Å². The smallest absolute Gasteiger partial charge is 0.399 e. The minimum Gasteiger partial charge on any atom is -0.399 e. The third-order valence-corrected chi connectivity index (χ3v) is 6.53. The minimum atomic E-state index is -4.47. The van der Waals surface area contributed by atoms with Crippen LogP contribution in [0.15, 0.2) is 30.5 Å². The van der Waals surface area contributed by atoms with Gasteiger partial charge in [-0.3, -0.25) is 0 Å². The summed E-state index contributed by atoms with van der Waals surface area (Å²) >= 11 is 0. The molecule has 180 valence electrons. The van der Waals surface area contributed by atoms with Gasteiger partial charge in [0, 0.05) is 37.3 Å². The van der Waals surface area contributed by atoms with E-state index in [0.717, 1.165) is 75.2 Å². The first-order valence-corrected chi connectivity index (χ1v) is 11.7. The van der Waals surface area contributed by atoms with Crippen molar-refractivity contribution in [3.05, 3.63) is 41.6 Å². The highest BCUT2D eigenvalue weighted by Crippen LogP contribution is 2.35. The van der Waals surface area contributed by atoms with Crippen molar-refractivity contribution in [2.75, 3.05) is 47.0 Å². The fraction of sp³-hybridized carbons (Fsp3) is 0.458. The van der Waals surface area contributed by atoms with Crippen molar-refractivity contribution in [3.63, 3.8) is 0 Å². The zero-order chi connectivity index (χ0) is 23.9. The van der Waals surface area contributed by atoms with E-state index in [4.69, 9.17) is 15.7 Å². The largest absolute Gasteiger partial charge is 0.416 e. The van der Waals surface area contributed by atoms with Crippen LogP contribution < -0.4 is 20.9 Å². The molecule has 3 N–H and O–H groups in total. The van der Waals surface area contributed by atoms with Crippen molar-refractivity contribution in [1.82, 2.24) is 15.0 Å². The molecule has 1 aromatic carbocycles. The van der Waals surface area contributed by atoms with Gasteiger partial charge in [0.25, 0.3) is 0 Å². The van der Waals surface area contributed by atoms with Crippen LogP contribution in [0.1, 0.15) is 49.8 Å². The Kier molecular flexibility index (Phi) is 5.83. The van der Waals surface area contributed by atoms with Gasteiger partial charge >= 0.3 is 6.18 Å². The SMILES string of the molecule is C[C@@H](Nc1nc(N2CCCC2)nc2cnc(N3CCCC3)cc12)c1cc(N)cc(C(F)(F)F)c1. The van der Waals surface area contributed by atoms with Crippen LogP contribution >= 0.6 is 0 Å². The van der Waals surface area contributed by atoms with Gasteiger partial charge in [0.2, 0.25) is 5.95 Å². The van der Waals surface area contributed by atoms with Crippen LogP contribution in [-0.2, 0) is 6.18 Å². The molecule has 0 unspecified atom stereocenters. The average molecular weight is 472 g/mol. The van der Waals surface area contributed by atoms with Gasteiger partial charge in [-0.05, 0) is 62.4 Å². The first-order valence-electron chi connectivity index (χ1n) is 11.7. The van der Waals surface area contributed by atoms with E-state index in [9.17, 15) is 13.2 Å². The van der Waals surface area contributed by atoms with Gasteiger partial charge in [-0.15, -0.1) is 0 Å². The van der Waals surface area contributed by atoms with Crippen LogP contribution in [0.2, 0.25) is 0 Å². The maximum Gasteiger partial charge on any atom is 0.416 e. The summed E-state index contributed by atoms with van der Waals surface area (Å²) in [5.41, 5.74) is 6.26. The number of benzene rings is 1. The molecule has 34 heavy (non-hydrogen) atoms. The molecule has 3 aromatic rings. The third kappa shape index (κ3) is 4.53. The topological polar surface area (TPSA) is 83.2 Å². The van der Waals surface area contributed by atoms with E-state index in [1.54, 1.807) is 19.2 Å². The summed E-state index contributed by atoms with van der Waals surface area (Å²) < 4.78 is 40.1. The zero-order valence-electron chi connectivity index (χ0n) is 19.1. The lowest BCUT2D eigenvalue weighted by molar-refractivity contribution is -0.137. The maximum atomic E-state index is 13.4. The van der Waals surface area contributed by atoms with Crippen LogP contribution in [0.4, 0.5) is 36.4 Å². The molecule has 2 fully saturated rings. The Balaban J connectivity index is 1.54. The predicted molar refractivity (Wildman–Crippen MR) is 128 cm³/mol. The Labute approximate surface area is 196 Å². The summed E-state index contributed by atoms with van der Waals surface area (Å²) in [6, 6.07) is 5.17. The molecule has 2 aromatic heterocycles. The number of pyridine rings is 1. The number of nitrogens with one attached hydrogen (secondary N) is 1. The quantitative estimate of drug-likeness (QED) is 0.507. The molecule has 0 radical (unpaired) electrons. The average Bonchev–Trinajstić information content (AvgIpc) is 3.52. The highest BCUT2D eigenvalue weighted by atomic mass is 19.4. The van der Waals surface area contributed by atoms with Crippen molar-refractivity contribution < 1.29 is 13.2 Å². The number of rotatable bonds is 5. The van der Waals surface area contributed by atoms with Gasteiger partial charge in [-0.25, -0.2) is 9.97 Å². The van der Waals surface area contributed by atoms with E-state index < -0.39 is 17.8 Å². The first-order chi connectivity index (χ1) is 16.3. The lowest BCUT2D eigenvalue weighted by atomic mass is 10.0. The zero-order valence-corrected chi connectivity index (χ0v) is 19.1. The monoisotopic (exact) mass is 471 g/mol. The van der Waals surface area contributed by atoms with E-state index in [1.807, 2.05) is 6.07 Å². The normalized spacial score (nSPS) is 17.5. The minimum absolute atomic E-state index is 0.0734. The molecule has 1 atom stereocenters. The second-order valence-electron chi connectivity index (χ2n) is 9.07. The Morgan fingerprint density at radius 1 is 0.941 bits per heavy atom. The lowest BCUT2D eigenvalue weighted by Crippen LogP contribution is -2.22. The number of fused-ring (bicyclic) bond motifs is 1. The molecule has 0 amide bonds. The first kappa shape index (κ1) is 22.5. The molecule has 2 saturated heterocycles. The van der Waals surface area contributed by atoms with Crippen molar-refractivity contribution >= 4 is 34.2 Å². The fourth-order valence-corrected chi connectivity index (χ4v) is 4.68. The molecule has 7 nitrogen and oxygen atoms in total. The van der Waals surface area contributed by atoms with Crippen molar-refractivity contribution in [2.45, 2.75) is 44.8 Å². The lowest BCUT2D eigenvalue weighted by Gasteiger charge is -2.22. The van der Waals surface area contributed by atoms with Crippen molar-refractivity contribution in [3.8, 4) is 0 Å². The highest BCUT2D eigenvalue weighted by molar-refractivity contribution is 5.91. The molecule has 2 aliphatic rings. The fourth-order valence-electron chi connectivity index (χ4n) is 4.68. The number of nitrogens with two attached hydrogens (primary N) is 1. The standard InChI is InChI=1S/C24H28F3N7/c1-15(16-10-17(24(25,26)27)12-18(28)11-16)30-22-19-13-21(33-6-2-3-7-33)29-14-20(19)31-23(32-22)34-8-4-5-9-34/h10-15H,2-9,28H2,1H3,(H,30,31,32)/t15-/m1/s1. The Hall–Kier alpha value is -3.30. The highest BCUT2D eigenvalue weighted by Gasteiger charge is 2.31. The Morgan fingerprint density at radius 2 is 1.62 bits per heavy atom. The van der Waals surface area contributed by atoms with E-state index in [1.165, 1.54) is 0 Å². The summed E-state index contributed by atoms with van der Waals surface area (Å²) in [6.07, 6.45) is 1.71. The number of alkyl halides is 3. The molecular formula is C24H28F3N7. The predicted octanol–water partition coefficient (Wildman–Crippen LogP) is 5.00. The molecule has 0 aliphatic carbocycles. The number of hydrogen-bond donors (Lipinski definition) is 2. The molecule has 4 heterocycles. The number of halogens is 3. The maximum absolute atomic E-state index is 13.4. The molecule has 0 spiro atoms. The van der Waals surface area contributed by atoms with Gasteiger partial charge < -0.3 is 20.9 Å². The molecular weight excluding hydrogens is 443 g/mol. The molecule has 2 aliphatic heterocycles. The van der Waals surface area contributed by atoms with Crippen molar-refractivity contribution in [2.24, 2.45) is 0 Å². The molecule has 5 rings (SSSR count). The van der Waals surface area contributed by atoms with Crippen LogP contribution in [0, 0.1) is 0 Å². The van der Waals surface area contributed by atoms with E-state index in [0.29, 0.717) is 22.8 Å². The molecule has 0 saturated carbocycles. The van der Waals surface area contributed by atoms with Gasteiger partial charge in [0.15, 0.2) is 0 Å². The van der Waals surface area contributed by atoms with Crippen LogP contribution in [0.5, 0.6) is 0 Å². The number of hydrogen-bond acceptors (Lipinski definition) is 7.